The van der Waals surface area contributed by atoms with Crippen LogP contribution in [-0.4, -0.2) is 6.85 Å². The summed E-state index contributed by atoms with van der Waals surface area (Å²) in [5.74, 6) is 0. The molecule has 0 aliphatic carbocycles. The van der Waals surface area contributed by atoms with Crippen LogP contribution in [0, 0.1) is 6.92 Å². The molecule has 7 aromatic rings. The van der Waals surface area contributed by atoms with E-state index in [1.54, 1.807) is 0 Å². The molecule has 0 unspecified atom stereocenters. The van der Waals surface area contributed by atoms with Crippen molar-refractivity contribution < 1.29 is 4.42 Å². The van der Waals surface area contributed by atoms with E-state index in [0.717, 1.165) is 21.9 Å². The fourth-order valence-corrected chi connectivity index (χ4v) is 9.59. The van der Waals surface area contributed by atoms with Gasteiger partial charge in [-0.25, -0.2) is 0 Å². The maximum atomic E-state index is 7.14. The van der Waals surface area contributed by atoms with E-state index in [0.29, 0.717) is 0 Å². The third kappa shape index (κ3) is 6.80. The van der Waals surface area contributed by atoms with Gasteiger partial charge in [0.05, 0.1) is 0 Å². The normalized spacial score (nSPS) is 14.5. The number of anilines is 5. The van der Waals surface area contributed by atoms with Gasteiger partial charge in [-0.15, -0.1) is 0 Å². The van der Waals surface area contributed by atoms with Crippen molar-refractivity contribution in [2.75, 3.05) is 9.71 Å². The molecule has 0 N–H and O–H groups in total. The van der Waals surface area contributed by atoms with Crippen molar-refractivity contribution in [2.24, 2.45) is 0 Å². The maximum absolute atomic E-state index is 7.14. The highest BCUT2D eigenvalue weighted by atomic mass is 16.3. The zero-order chi connectivity index (χ0) is 43.9. The lowest BCUT2D eigenvalue weighted by atomic mass is 9.43. The molecule has 0 radical (unpaired) electrons. The first-order valence-corrected chi connectivity index (χ1v) is 22.5. The number of rotatable bonds is 2. The van der Waals surface area contributed by atoms with Crippen LogP contribution in [0.4, 0.5) is 28.4 Å². The highest BCUT2D eigenvalue weighted by molar-refractivity contribution is 6.94. The van der Waals surface area contributed by atoms with E-state index < -0.39 is 0 Å². The standard InChI is InChI=1S/C57H65BN2O/c1-34-17-26-49-42(27-34)43-33-48-51-50(52(43)61-49)44-31-36(54(5,6)7)21-25-46(44)60(40-22-18-35(19-23-40)53(2,3)4)58(51)45-24-20-37(55(8,9)10)32-47(45)59(48)41-29-38(56(11,12)13)28-39(30-41)57(14,15)16/h17-33H,1-16H3. The van der Waals surface area contributed by atoms with Crippen LogP contribution in [0.25, 0.3) is 33.1 Å². The molecular weight excluding hydrogens is 739 g/mol. The summed E-state index contributed by atoms with van der Waals surface area (Å²) in [6, 6.07) is 40.4. The molecule has 0 fully saturated rings. The molecule has 0 saturated carbocycles. The average Bonchev–Trinajstić information content (AvgIpc) is 3.52. The number of furan rings is 1. The number of fused-ring (bicyclic) bond motifs is 8. The lowest BCUT2D eigenvalue weighted by Gasteiger charge is -2.46. The number of aryl methyl sites for hydroxylation is 1. The van der Waals surface area contributed by atoms with Gasteiger partial charge >= 0.3 is 6.85 Å². The first kappa shape index (κ1) is 41.2. The topological polar surface area (TPSA) is 19.6 Å². The van der Waals surface area contributed by atoms with E-state index in [1.165, 1.54) is 83.9 Å². The third-order valence-corrected chi connectivity index (χ3v) is 13.5. The van der Waals surface area contributed by atoms with Crippen LogP contribution in [-0.2, 0) is 27.1 Å². The summed E-state index contributed by atoms with van der Waals surface area (Å²) in [6.45, 7) is 37.0. The van der Waals surface area contributed by atoms with Gasteiger partial charge in [-0.3, -0.25) is 0 Å². The quantitative estimate of drug-likeness (QED) is 0.162. The van der Waals surface area contributed by atoms with E-state index in [1.807, 2.05) is 0 Å². The largest absolute Gasteiger partial charge is 0.455 e. The van der Waals surface area contributed by atoms with Gasteiger partial charge in [0.15, 0.2) is 0 Å². The first-order chi connectivity index (χ1) is 28.3. The van der Waals surface area contributed by atoms with Crippen molar-refractivity contribution in [3.8, 4) is 11.1 Å². The number of hydrogen-bond acceptors (Lipinski definition) is 3. The Morgan fingerprint density at radius 2 is 1.00 bits per heavy atom. The average molecular weight is 805 g/mol. The molecular formula is C57H65BN2O. The first-order valence-electron chi connectivity index (χ1n) is 22.5. The fraction of sp³-hybridized carbons (Fsp3) is 0.368. The lowest BCUT2D eigenvalue weighted by molar-refractivity contribution is 0.568. The van der Waals surface area contributed by atoms with Gasteiger partial charge in [0, 0.05) is 50.3 Å². The third-order valence-electron chi connectivity index (χ3n) is 13.5. The highest BCUT2D eigenvalue weighted by Crippen LogP contribution is 2.52. The second-order valence-corrected chi connectivity index (χ2v) is 23.3. The smallest absolute Gasteiger partial charge is 0.333 e. The molecule has 9 rings (SSSR count). The molecule has 0 amide bonds. The van der Waals surface area contributed by atoms with E-state index in [2.05, 4.69) is 224 Å². The van der Waals surface area contributed by atoms with Crippen molar-refractivity contribution in [2.45, 2.75) is 138 Å². The van der Waals surface area contributed by atoms with Crippen LogP contribution in [0.5, 0.6) is 0 Å². The minimum Gasteiger partial charge on any atom is -0.455 e. The second kappa shape index (κ2) is 13.4. The SMILES string of the molecule is Cc1ccc2oc3c4c5c(cc3c2c1)N(c1cc(C(C)(C)C)cc(C(C)(C)C)c1)c1cc(C(C)(C)C)ccc1B5N(c1ccc(C(C)(C)C)cc1)c1ccc(C(C)(C)C)cc1-4. The van der Waals surface area contributed by atoms with Crippen molar-refractivity contribution >= 4 is 68.1 Å². The molecule has 2 aliphatic rings. The number of hydrogen-bond donors (Lipinski definition) is 0. The maximum Gasteiger partial charge on any atom is 0.333 e. The summed E-state index contributed by atoms with van der Waals surface area (Å²) in [6.07, 6.45) is 0. The molecule has 0 atom stereocenters. The summed E-state index contributed by atoms with van der Waals surface area (Å²) in [5.41, 5.74) is 20.6. The summed E-state index contributed by atoms with van der Waals surface area (Å²) >= 11 is 0. The Morgan fingerprint density at radius 3 is 1.59 bits per heavy atom. The monoisotopic (exact) mass is 805 g/mol. The van der Waals surface area contributed by atoms with Crippen LogP contribution in [0.1, 0.15) is 137 Å². The van der Waals surface area contributed by atoms with Crippen LogP contribution in [0.3, 0.4) is 0 Å². The Labute approximate surface area is 366 Å². The fourth-order valence-electron chi connectivity index (χ4n) is 9.59. The van der Waals surface area contributed by atoms with Crippen molar-refractivity contribution in [3.05, 3.63) is 137 Å². The summed E-state index contributed by atoms with van der Waals surface area (Å²) in [7, 11) is 0. The van der Waals surface area contributed by atoms with E-state index in [-0.39, 0.29) is 33.9 Å². The van der Waals surface area contributed by atoms with Gasteiger partial charge in [0.25, 0.3) is 0 Å². The molecule has 61 heavy (non-hydrogen) atoms. The molecule has 3 heterocycles. The number of benzene rings is 6. The molecule has 0 spiro atoms. The van der Waals surface area contributed by atoms with Gasteiger partial charge in [0.2, 0.25) is 0 Å². The van der Waals surface area contributed by atoms with Crippen molar-refractivity contribution in [3.63, 3.8) is 0 Å². The zero-order valence-electron chi connectivity index (χ0n) is 39.7. The summed E-state index contributed by atoms with van der Waals surface area (Å²) in [5, 5.41) is 2.32. The minimum absolute atomic E-state index is 0.0414. The molecule has 6 aromatic carbocycles. The van der Waals surface area contributed by atoms with Crippen molar-refractivity contribution in [1.29, 1.82) is 0 Å². The summed E-state index contributed by atoms with van der Waals surface area (Å²) in [4.78, 5) is 5.26. The Morgan fingerprint density at radius 1 is 0.443 bits per heavy atom. The van der Waals surface area contributed by atoms with Gasteiger partial charge in [-0.1, -0.05) is 152 Å². The lowest BCUT2D eigenvalue weighted by Crippen LogP contribution is -2.61. The molecule has 4 heteroatoms. The second-order valence-electron chi connectivity index (χ2n) is 23.3. The minimum atomic E-state index is -0.119. The molecule has 0 bridgehead atoms. The molecule has 2 aliphatic heterocycles. The van der Waals surface area contributed by atoms with Crippen LogP contribution in [0.2, 0.25) is 0 Å². The van der Waals surface area contributed by atoms with E-state index in [9.17, 15) is 0 Å². The highest BCUT2D eigenvalue weighted by Gasteiger charge is 2.47. The molecule has 0 saturated heterocycles. The predicted octanol–water partition coefficient (Wildman–Crippen LogP) is 15.1. The van der Waals surface area contributed by atoms with Gasteiger partial charge in [-0.05, 0) is 133 Å². The van der Waals surface area contributed by atoms with Gasteiger partial charge in [0.1, 0.15) is 11.2 Å². The van der Waals surface area contributed by atoms with Crippen LogP contribution >= 0.6 is 0 Å². The Bertz CT molecular complexity index is 2860. The van der Waals surface area contributed by atoms with Crippen LogP contribution in [0.15, 0.2) is 108 Å². The van der Waals surface area contributed by atoms with E-state index >= 15 is 0 Å². The van der Waals surface area contributed by atoms with Gasteiger partial charge < -0.3 is 14.1 Å². The summed E-state index contributed by atoms with van der Waals surface area (Å²) < 4.78 is 7.14. The number of nitrogens with zero attached hydrogens (tertiary/aromatic N) is 2. The molecule has 312 valence electrons. The Hall–Kier alpha value is -5.22. The van der Waals surface area contributed by atoms with Crippen molar-refractivity contribution in [1.82, 2.24) is 0 Å². The predicted molar refractivity (Wildman–Crippen MR) is 266 cm³/mol. The zero-order valence-corrected chi connectivity index (χ0v) is 39.7. The molecule has 3 nitrogen and oxygen atoms in total. The Balaban J connectivity index is 1.49. The Kier molecular flexibility index (Phi) is 9.03. The van der Waals surface area contributed by atoms with E-state index in [4.69, 9.17) is 4.42 Å². The van der Waals surface area contributed by atoms with Gasteiger partial charge in [-0.2, -0.15) is 0 Å². The molecule has 1 aromatic heterocycles. The van der Waals surface area contributed by atoms with Crippen LogP contribution < -0.4 is 20.6 Å².